The molecule has 158 valence electrons. The average Bonchev–Trinajstić information content (AvgIpc) is 3.12. The van der Waals surface area contributed by atoms with E-state index in [4.69, 9.17) is 21.3 Å². The van der Waals surface area contributed by atoms with Crippen LogP contribution in [-0.4, -0.2) is 16.2 Å². The highest BCUT2D eigenvalue weighted by molar-refractivity contribution is 9.10. The molecule has 31 heavy (non-hydrogen) atoms. The second-order valence-corrected chi connectivity index (χ2v) is 8.71. The number of imidazole rings is 1. The Morgan fingerprint density at radius 1 is 1.10 bits per heavy atom. The Labute approximate surface area is 190 Å². The maximum absolute atomic E-state index is 13.1. The summed E-state index contributed by atoms with van der Waals surface area (Å²) >= 11 is 9.54. The number of hydrogen-bond donors (Lipinski definition) is 1. The van der Waals surface area contributed by atoms with Crippen molar-refractivity contribution in [3.8, 4) is 5.75 Å². The maximum atomic E-state index is 13.1. The smallest absolute Gasteiger partial charge is 0.387 e. The Morgan fingerprint density at radius 3 is 2.65 bits per heavy atom. The van der Waals surface area contributed by atoms with Gasteiger partial charge in [0.1, 0.15) is 5.75 Å². The summed E-state index contributed by atoms with van der Waals surface area (Å²) in [5.41, 5.74) is 3.60. The molecule has 3 aromatic carbocycles. The van der Waals surface area contributed by atoms with E-state index in [1.165, 1.54) is 6.07 Å². The highest BCUT2D eigenvalue weighted by Crippen LogP contribution is 2.44. The lowest BCUT2D eigenvalue weighted by Gasteiger charge is -2.34. The predicted molar refractivity (Wildman–Crippen MR) is 121 cm³/mol. The number of nitrogens with one attached hydrogen (secondary N) is 1. The number of rotatable bonds is 4. The summed E-state index contributed by atoms with van der Waals surface area (Å²) in [6, 6.07) is 20.6. The predicted octanol–water partition coefficient (Wildman–Crippen LogP) is 7.20. The van der Waals surface area contributed by atoms with E-state index >= 15 is 0 Å². The molecular weight excluding hydrogens is 488 g/mol. The van der Waals surface area contributed by atoms with E-state index < -0.39 is 6.61 Å². The fourth-order valence-corrected chi connectivity index (χ4v) is 4.60. The van der Waals surface area contributed by atoms with Crippen molar-refractivity contribution in [3.05, 3.63) is 87.4 Å². The van der Waals surface area contributed by atoms with Crippen molar-refractivity contribution < 1.29 is 13.5 Å². The first-order valence-electron chi connectivity index (χ1n) is 9.73. The molecule has 0 radical (unpaired) electrons. The quantitative estimate of drug-likeness (QED) is 0.319. The first kappa shape index (κ1) is 20.3. The minimum absolute atomic E-state index is 0.0446. The average molecular weight is 505 g/mol. The van der Waals surface area contributed by atoms with E-state index in [0.29, 0.717) is 23.0 Å². The topological polar surface area (TPSA) is 39.1 Å². The molecule has 0 bridgehead atoms. The first-order valence-corrected chi connectivity index (χ1v) is 10.9. The molecule has 4 aromatic rings. The number of halogens is 4. The van der Waals surface area contributed by atoms with Gasteiger partial charge >= 0.3 is 6.61 Å². The van der Waals surface area contributed by atoms with Crippen LogP contribution in [0.2, 0.25) is 5.02 Å². The van der Waals surface area contributed by atoms with Crippen LogP contribution in [0.5, 0.6) is 5.75 Å². The lowest BCUT2D eigenvalue weighted by atomic mass is 9.92. The molecule has 5 rings (SSSR count). The monoisotopic (exact) mass is 503 g/mol. The van der Waals surface area contributed by atoms with Crippen molar-refractivity contribution in [1.29, 1.82) is 0 Å². The number of alkyl halides is 2. The maximum Gasteiger partial charge on any atom is 0.387 e. The van der Waals surface area contributed by atoms with Crippen molar-refractivity contribution in [3.63, 3.8) is 0 Å². The van der Waals surface area contributed by atoms with Crippen molar-refractivity contribution in [2.45, 2.75) is 25.1 Å². The summed E-state index contributed by atoms with van der Waals surface area (Å²) < 4.78 is 34.0. The van der Waals surface area contributed by atoms with Gasteiger partial charge in [-0.1, -0.05) is 57.9 Å². The SMILES string of the molecule is FC(F)Oc1cc(Cl)ccc1[C@H]1C[C@@H](c2ccc(Br)cc2)n2c(nc3ccccc32)N1. The van der Waals surface area contributed by atoms with Gasteiger partial charge in [-0.2, -0.15) is 8.78 Å². The van der Waals surface area contributed by atoms with Gasteiger partial charge in [0.15, 0.2) is 0 Å². The molecule has 0 spiro atoms. The molecule has 2 atom stereocenters. The molecule has 0 unspecified atom stereocenters. The molecule has 1 aliphatic heterocycles. The van der Waals surface area contributed by atoms with Gasteiger partial charge in [-0.15, -0.1) is 0 Å². The van der Waals surface area contributed by atoms with Gasteiger partial charge in [-0.3, -0.25) is 0 Å². The molecule has 0 saturated heterocycles. The fourth-order valence-electron chi connectivity index (χ4n) is 4.17. The number of nitrogens with zero attached hydrogens (tertiary/aromatic N) is 2. The van der Waals surface area contributed by atoms with E-state index in [0.717, 1.165) is 21.1 Å². The van der Waals surface area contributed by atoms with Crippen LogP contribution in [0.15, 0.2) is 71.2 Å². The van der Waals surface area contributed by atoms with E-state index in [1.54, 1.807) is 12.1 Å². The van der Waals surface area contributed by atoms with Gasteiger partial charge in [-0.25, -0.2) is 4.98 Å². The summed E-state index contributed by atoms with van der Waals surface area (Å²) in [6.07, 6.45) is 0.621. The van der Waals surface area contributed by atoms with Crippen LogP contribution < -0.4 is 10.1 Å². The molecule has 0 saturated carbocycles. The van der Waals surface area contributed by atoms with E-state index in [9.17, 15) is 8.78 Å². The van der Waals surface area contributed by atoms with Crippen molar-refractivity contribution in [2.75, 3.05) is 5.32 Å². The third-order valence-electron chi connectivity index (χ3n) is 5.49. The summed E-state index contributed by atoms with van der Waals surface area (Å²) in [5.74, 6) is 0.752. The number of anilines is 1. The number of benzene rings is 3. The van der Waals surface area contributed by atoms with Crippen molar-refractivity contribution in [1.82, 2.24) is 9.55 Å². The first-order chi connectivity index (χ1) is 15.0. The standard InChI is InChI=1S/C23H17BrClF2N3O/c24-14-7-5-13(6-8-14)20-12-18(16-10-9-15(25)11-21(16)31-22(26)27)29-23-28-17-3-1-2-4-19(17)30(20)23/h1-11,18,20,22H,12H2,(H,28,29)/t18-,20+/m1/s1. The number of hydrogen-bond acceptors (Lipinski definition) is 3. The largest absolute Gasteiger partial charge is 0.434 e. The minimum atomic E-state index is -2.94. The Bertz CT molecular complexity index is 1250. The molecule has 1 aromatic heterocycles. The zero-order chi connectivity index (χ0) is 21.5. The molecule has 8 heteroatoms. The van der Waals surface area contributed by atoms with Gasteiger partial charge < -0.3 is 14.6 Å². The molecule has 1 N–H and O–H groups in total. The summed E-state index contributed by atoms with van der Waals surface area (Å²) in [4.78, 5) is 4.76. The Hall–Kier alpha value is -2.64. The molecule has 4 nitrogen and oxygen atoms in total. The number of para-hydroxylation sites is 2. The molecular formula is C23H17BrClF2N3O. The second-order valence-electron chi connectivity index (χ2n) is 7.35. The highest BCUT2D eigenvalue weighted by atomic mass is 79.9. The molecule has 1 aliphatic rings. The molecule has 0 amide bonds. The third-order valence-corrected chi connectivity index (χ3v) is 6.26. The van der Waals surface area contributed by atoms with Gasteiger partial charge in [0, 0.05) is 15.1 Å². The van der Waals surface area contributed by atoms with Gasteiger partial charge in [0.05, 0.1) is 23.1 Å². The van der Waals surface area contributed by atoms with Crippen LogP contribution in [0.25, 0.3) is 11.0 Å². The lowest BCUT2D eigenvalue weighted by molar-refractivity contribution is -0.0506. The molecule has 0 fully saturated rings. The third kappa shape index (κ3) is 3.88. The Morgan fingerprint density at radius 2 is 1.87 bits per heavy atom. The Balaban J connectivity index is 1.64. The van der Waals surface area contributed by atoms with Crippen LogP contribution in [0.3, 0.4) is 0 Å². The van der Waals surface area contributed by atoms with Crippen LogP contribution >= 0.6 is 27.5 Å². The number of aromatic nitrogens is 2. The lowest BCUT2D eigenvalue weighted by Crippen LogP contribution is -2.27. The van der Waals surface area contributed by atoms with Crippen molar-refractivity contribution in [2.24, 2.45) is 0 Å². The normalized spacial score (nSPS) is 18.1. The zero-order valence-corrected chi connectivity index (χ0v) is 18.4. The van der Waals surface area contributed by atoms with Crippen LogP contribution in [-0.2, 0) is 0 Å². The molecule has 0 aliphatic carbocycles. The minimum Gasteiger partial charge on any atom is -0.434 e. The summed E-state index contributed by atoms with van der Waals surface area (Å²) in [6.45, 7) is -2.94. The second kappa shape index (κ2) is 8.13. The zero-order valence-electron chi connectivity index (χ0n) is 16.1. The van der Waals surface area contributed by atoms with Crippen LogP contribution in [0.1, 0.15) is 29.6 Å². The van der Waals surface area contributed by atoms with Gasteiger partial charge in [0.2, 0.25) is 5.95 Å². The van der Waals surface area contributed by atoms with E-state index in [-0.39, 0.29) is 17.8 Å². The van der Waals surface area contributed by atoms with E-state index in [2.05, 4.69) is 37.9 Å². The van der Waals surface area contributed by atoms with Crippen molar-refractivity contribution >= 4 is 44.5 Å². The Kier molecular flexibility index (Phi) is 5.32. The highest BCUT2D eigenvalue weighted by Gasteiger charge is 2.32. The number of ether oxygens (including phenoxy) is 1. The summed E-state index contributed by atoms with van der Waals surface area (Å²) in [7, 11) is 0. The van der Waals surface area contributed by atoms with Gasteiger partial charge in [0.25, 0.3) is 0 Å². The summed E-state index contributed by atoms with van der Waals surface area (Å²) in [5, 5.41) is 3.76. The van der Waals surface area contributed by atoms with Gasteiger partial charge in [-0.05, 0) is 48.4 Å². The van der Waals surface area contributed by atoms with Crippen LogP contribution in [0.4, 0.5) is 14.7 Å². The van der Waals surface area contributed by atoms with Crippen LogP contribution in [0, 0.1) is 0 Å². The number of fused-ring (bicyclic) bond motifs is 3. The molecule has 2 heterocycles. The fraction of sp³-hybridized carbons (Fsp3) is 0.174. The van der Waals surface area contributed by atoms with E-state index in [1.807, 2.05) is 36.4 Å².